The first-order valence-electron chi connectivity index (χ1n) is 5.94. The minimum absolute atomic E-state index is 0.0780. The predicted molar refractivity (Wildman–Crippen MR) is 80.9 cm³/mol. The van der Waals surface area contributed by atoms with Gasteiger partial charge in [0.2, 0.25) is 10.0 Å². The molecule has 0 aliphatic heterocycles. The standard InChI is InChI=1S/C12H19BrN2O4S/c1-12(16,5-6-19-2)8-15-20(17,18)11-4-3-9(14)7-10(11)13/h3-4,7,15-16H,5-6,8,14H2,1-2H3. The first-order chi connectivity index (χ1) is 9.18. The molecule has 0 radical (unpaired) electrons. The molecule has 1 rings (SSSR count). The maximum absolute atomic E-state index is 12.2. The molecule has 0 spiro atoms. The maximum atomic E-state index is 12.2. The Kier molecular flexibility index (Phi) is 5.96. The number of nitrogen functional groups attached to an aromatic ring is 1. The lowest BCUT2D eigenvalue weighted by Gasteiger charge is -2.23. The van der Waals surface area contributed by atoms with Gasteiger partial charge in [0.05, 0.1) is 10.5 Å². The summed E-state index contributed by atoms with van der Waals surface area (Å²) in [6.07, 6.45) is 0.328. The predicted octanol–water partition coefficient (Wildman–Crippen LogP) is 1.10. The zero-order valence-electron chi connectivity index (χ0n) is 11.4. The second-order valence-electron chi connectivity index (χ2n) is 4.75. The summed E-state index contributed by atoms with van der Waals surface area (Å²) in [5.74, 6) is 0. The molecule has 1 atom stereocenters. The van der Waals surface area contributed by atoms with Crippen molar-refractivity contribution in [3.05, 3.63) is 22.7 Å². The van der Waals surface area contributed by atoms with E-state index in [0.717, 1.165) is 0 Å². The van der Waals surface area contributed by atoms with Gasteiger partial charge in [0, 0.05) is 36.8 Å². The van der Waals surface area contributed by atoms with E-state index in [1.807, 2.05) is 0 Å². The lowest BCUT2D eigenvalue weighted by Crippen LogP contribution is -2.41. The number of anilines is 1. The van der Waals surface area contributed by atoms with Crippen LogP contribution in [0.3, 0.4) is 0 Å². The summed E-state index contributed by atoms with van der Waals surface area (Å²) in [5, 5.41) is 10.0. The molecule has 1 unspecified atom stereocenters. The van der Waals surface area contributed by atoms with E-state index in [-0.39, 0.29) is 11.4 Å². The van der Waals surface area contributed by atoms with Gasteiger partial charge in [-0.25, -0.2) is 13.1 Å². The van der Waals surface area contributed by atoms with E-state index in [1.54, 1.807) is 6.92 Å². The largest absolute Gasteiger partial charge is 0.399 e. The van der Waals surface area contributed by atoms with Crippen molar-refractivity contribution in [3.8, 4) is 0 Å². The van der Waals surface area contributed by atoms with Gasteiger partial charge in [-0.2, -0.15) is 0 Å². The minimum Gasteiger partial charge on any atom is -0.399 e. The molecule has 0 aromatic heterocycles. The van der Waals surface area contributed by atoms with E-state index in [2.05, 4.69) is 20.7 Å². The molecule has 1 aromatic rings. The van der Waals surface area contributed by atoms with Crippen molar-refractivity contribution >= 4 is 31.6 Å². The molecule has 4 N–H and O–H groups in total. The molecule has 0 fully saturated rings. The molecule has 0 bridgehead atoms. The van der Waals surface area contributed by atoms with Crippen LogP contribution in [0.4, 0.5) is 5.69 Å². The van der Waals surface area contributed by atoms with Crippen molar-refractivity contribution < 1.29 is 18.3 Å². The third kappa shape index (κ3) is 5.02. The highest BCUT2D eigenvalue weighted by molar-refractivity contribution is 9.10. The van der Waals surface area contributed by atoms with Gasteiger partial charge in [-0.3, -0.25) is 0 Å². The normalized spacial score (nSPS) is 15.0. The minimum atomic E-state index is -3.72. The number of halogens is 1. The van der Waals surface area contributed by atoms with Crippen LogP contribution in [0, 0.1) is 0 Å². The smallest absolute Gasteiger partial charge is 0.241 e. The summed E-state index contributed by atoms with van der Waals surface area (Å²) in [6, 6.07) is 4.42. The van der Waals surface area contributed by atoms with E-state index >= 15 is 0 Å². The van der Waals surface area contributed by atoms with Gasteiger partial charge in [0.15, 0.2) is 0 Å². The first-order valence-corrected chi connectivity index (χ1v) is 8.21. The summed E-state index contributed by atoms with van der Waals surface area (Å²) in [5.41, 5.74) is 4.85. The Hall–Kier alpha value is -0.670. The number of rotatable bonds is 7. The molecule has 0 saturated carbocycles. The maximum Gasteiger partial charge on any atom is 0.241 e. The topological polar surface area (TPSA) is 102 Å². The molecule has 0 saturated heterocycles. The third-order valence-electron chi connectivity index (χ3n) is 2.73. The molecule has 0 aliphatic carbocycles. The fourth-order valence-corrected chi connectivity index (χ4v) is 3.73. The number of nitrogens with one attached hydrogen (secondary N) is 1. The Labute approximate surface area is 127 Å². The van der Waals surface area contributed by atoms with Gasteiger partial charge in [-0.15, -0.1) is 0 Å². The number of methoxy groups -OCH3 is 1. The molecule has 0 heterocycles. The van der Waals surface area contributed by atoms with Gasteiger partial charge in [0.25, 0.3) is 0 Å². The Morgan fingerprint density at radius 3 is 2.70 bits per heavy atom. The van der Waals surface area contributed by atoms with Crippen LogP contribution in [-0.2, 0) is 14.8 Å². The van der Waals surface area contributed by atoms with Crippen LogP contribution in [-0.4, -0.2) is 39.4 Å². The summed E-state index contributed by atoms with van der Waals surface area (Å²) in [4.78, 5) is 0.0780. The fraction of sp³-hybridized carbons (Fsp3) is 0.500. The van der Waals surface area contributed by atoms with Crippen molar-refractivity contribution in [2.75, 3.05) is 26.0 Å². The number of ether oxygens (including phenoxy) is 1. The second kappa shape index (κ2) is 6.86. The van der Waals surface area contributed by atoms with Crippen LogP contribution < -0.4 is 10.5 Å². The molecule has 1 aromatic carbocycles. The van der Waals surface area contributed by atoms with Crippen molar-refractivity contribution in [2.24, 2.45) is 0 Å². The van der Waals surface area contributed by atoms with Crippen LogP contribution in [0.5, 0.6) is 0 Å². The molecule has 8 heteroatoms. The van der Waals surface area contributed by atoms with E-state index < -0.39 is 15.6 Å². The highest BCUT2D eigenvalue weighted by Gasteiger charge is 2.25. The first kappa shape index (κ1) is 17.4. The van der Waals surface area contributed by atoms with Gasteiger partial charge in [-0.05, 0) is 41.1 Å². The molecule has 114 valence electrons. The average Bonchev–Trinajstić information content (AvgIpc) is 2.34. The monoisotopic (exact) mass is 366 g/mol. The molecule has 6 nitrogen and oxygen atoms in total. The summed E-state index contributed by atoms with van der Waals surface area (Å²) in [7, 11) is -2.20. The Bertz CT molecular complexity index is 561. The summed E-state index contributed by atoms with van der Waals surface area (Å²) in [6.45, 7) is 1.79. The zero-order valence-corrected chi connectivity index (χ0v) is 13.8. The summed E-state index contributed by atoms with van der Waals surface area (Å²) < 4.78 is 31.9. The number of nitrogens with two attached hydrogens (primary N) is 1. The van der Waals surface area contributed by atoms with Crippen molar-refractivity contribution in [1.29, 1.82) is 0 Å². The number of benzene rings is 1. The van der Waals surface area contributed by atoms with E-state index in [4.69, 9.17) is 10.5 Å². The highest BCUT2D eigenvalue weighted by atomic mass is 79.9. The quantitative estimate of drug-likeness (QED) is 0.627. The van der Waals surface area contributed by atoms with Crippen LogP contribution in [0.15, 0.2) is 27.6 Å². The van der Waals surface area contributed by atoms with Crippen LogP contribution in [0.1, 0.15) is 13.3 Å². The molecule has 20 heavy (non-hydrogen) atoms. The van der Waals surface area contributed by atoms with Gasteiger partial charge in [0.1, 0.15) is 0 Å². The molecule has 0 aliphatic rings. The highest BCUT2D eigenvalue weighted by Crippen LogP contribution is 2.24. The van der Waals surface area contributed by atoms with E-state index in [0.29, 0.717) is 23.2 Å². The Balaban J connectivity index is 2.80. The Morgan fingerprint density at radius 2 is 2.15 bits per heavy atom. The van der Waals surface area contributed by atoms with Crippen LogP contribution in [0.2, 0.25) is 0 Å². The molecular weight excluding hydrogens is 348 g/mol. The van der Waals surface area contributed by atoms with Crippen molar-refractivity contribution in [2.45, 2.75) is 23.8 Å². The molecule has 0 amide bonds. The summed E-state index contributed by atoms with van der Waals surface area (Å²) >= 11 is 3.16. The van der Waals surface area contributed by atoms with Gasteiger partial charge < -0.3 is 15.6 Å². The van der Waals surface area contributed by atoms with Crippen molar-refractivity contribution in [1.82, 2.24) is 4.72 Å². The van der Waals surface area contributed by atoms with Crippen molar-refractivity contribution in [3.63, 3.8) is 0 Å². The number of hydrogen-bond donors (Lipinski definition) is 3. The van der Waals surface area contributed by atoms with E-state index in [9.17, 15) is 13.5 Å². The second-order valence-corrected chi connectivity index (χ2v) is 7.34. The van der Waals surface area contributed by atoms with Crippen LogP contribution in [0.25, 0.3) is 0 Å². The lowest BCUT2D eigenvalue weighted by molar-refractivity contribution is 0.0292. The van der Waals surface area contributed by atoms with E-state index in [1.165, 1.54) is 25.3 Å². The SMILES string of the molecule is COCCC(C)(O)CNS(=O)(=O)c1ccc(N)cc1Br. The number of aliphatic hydroxyl groups is 1. The zero-order chi connectivity index (χ0) is 15.4. The number of sulfonamides is 1. The number of hydrogen-bond acceptors (Lipinski definition) is 5. The lowest BCUT2D eigenvalue weighted by atomic mass is 10.0. The van der Waals surface area contributed by atoms with Gasteiger partial charge in [-0.1, -0.05) is 0 Å². The van der Waals surface area contributed by atoms with Gasteiger partial charge >= 0.3 is 0 Å². The third-order valence-corrected chi connectivity index (χ3v) is 5.11. The van der Waals surface area contributed by atoms with Crippen LogP contribution >= 0.6 is 15.9 Å². The Morgan fingerprint density at radius 1 is 1.50 bits per heavy atom. The fourth-order valence-electron chi connectivity index (χ4n) is 1.47. The average molecular weight is 367 g/mol. The molecular formula is C12H19BrN2O4S.